The molecule has 0 aromatic heterocycles. The summed E-state index contributed by atoms with van der Waals surface area (Å²) in [4.78, 5) is 2.24. The van der Waals surface area contributed by atoms with Gasteiger partial charge in [-0.05, 0) is 45.2 Å². The summed E-state index contributed by atoms with van der Waals surface area (Å²) in [5.74, 6) is 0.253. The fourth-order valence-corrected chi connectivity index (χ4v) is 3.96. The van der Waals surface area contributed by atoms with Crippen LogP contribution in [-0.2, 0) is 10.0 Å². The van der Waals surface area contributed by atoms with Crippen molar-refractivity contribution in [1.29, 1.82) is 0 Å². The molecule has 0 amide bonds. The zero-order chi connectivity index (χ0) is 12.1. The quantitative estimate of drug-likeness (QED) is 0.806. The molecule has 0 aromatic rings. The Morgan fingerprint density at radius 3 is 2.65 bits per heavy atom. The van der Waals surface area contributed by atoms with Crippen LogP contribution in [0.2, 0.25) is 0 Å². The Bertz CT molecular complexity index is 317. The molecule has 1 saturated carbocycles. The first kappa shape index (κ1) is 13.3. The van der Waals surface area contributed by atoms with Crippen molar-refractivity contribution < 1.29 is 8.42 Å². The molecule has 17 heavy (non-hydrogen) atoms. The first-order valence-electron chi connectivity index (χ1n) is 6.70. The highest BCUT2D eigenvalue weighted by molar-refractivity contribution is 7.89. The third kappa shape index (κ3) is 4.56. The average molecular weight is 259 g/mol. The molecule has 5 heteroatoms. The van der Waals surface area contributed by atoms with Gasteiger partial charge in [0.2, 0.25) is 10.0 Å². The molecule has 2 fully saturated rings. The number of rotatable bonds is 5. The largest absolute Gasteiger partial charge is 0.302 e. The van der Waals surface area contributed by atoms with Gasteiger partial charge in [0.05, 0.1) is 5.75 Å². The molecule has 1 N–H and O–H groups in total. The van der Waals surface area contributed by atoms with Crippen molar-refractivity contribution in [2.75, 3.05) is 25.4 Å². The van der Waals surface area contributed by atoms with Crippen molar-refractivity contribution in [2.45, 2.75) is 44.6 Å². The summed E-state index contributed by atoms with van der Waals surface area (Å²) in [6.45, 7) is 2.81. The fourth-order valence-electron chi connectivity index (χ4n) is 2.62. The zero-order valence-corrected chi connectivity index (χ0v) is 11.2. The smallest absolute Gasteiger partial charge is 0.213 e. The predicted octanol–water partition coefficient (Wildman–Crippen LogP) is 1.15. The molecule has 4 nitrogen and oxygen atoms in total. The minimum atomic E-state index is -3.08. The van der Waals surface area contributed by atoms with Crippen LogP contribution in [0.3, 0.4) is 0 Å². The van der Waals surface area contributed by atoms with Crippen molar-refractivity contribution in [3.05, 3.63) is 6.42 Å². The Kier molecular flexibility index (Phi) is 4.82. The number of sulfonamides is 1. The van der Waals surface area contributed by atoms with Gasteiger partial charge in [-0.2, -0.15) is 0 Å². The zero-order valence-electron chi connectivity index (χ0n) is 10.4. The Hall–Kier alpha value is -0.130. The Morgan fingerprint density at radius 1 is 1.24 bits per heavy atom. The Morgan fingerprint density at radius 2 is 2.00 bits per heavy atom. The summed E-state index contributed by atoms with van der Waals surface area (Å²) in [6.07, 6.45) is 8.74. The van der Waals surface area contributed by atoms with Gasteiger partial charge in [0.25, 0.3) is 0 Å². The monoisotopic (exact) mass is 259 g/mol. The van der Waals surface area contributed by atoms with Crippen molar-refractivity contribution in [3.63, 3.8) is 0 Å². The second-order valence-electron chi connectivity index (χ2n) is 5.14. The van der Waals surface area contributed by atoms with Gasteiger partial charge in [-0.1, -0.05) is 12.8 Å². The molecule has 1 radical (unpaired) electrons. The summed E-state index contributed by atoms with van der Waals surface area (Å²) in [6, 6.07) is 0.146. The molecule has 0 bridgehead atoms. The maximum atomic E-state index is 11.9. The van der Waals surface area contributed by atoms with Crippen LogP contribution in [0, 0.1) is 6.42 Å². The number of nitrogens with one attached hydrogen (secondary N) is 1. The molecule has 1 atom stereocenters. The summed E-state index contributed by atoms with van der Waals surface area (Å²) < 4.78 is 26.6. The van der Waals surface area contributed by atoms with Gasteiger partial charge in [-0.15, -0.1) is 0 Å². The van der Waals surface area contributed by atoms with Gasteiger partial charge >= 0.3 is 0 Å². The van der Waals surface area contributed by atoms with E-state index in [1.165, 1.54) is 12.8 Å². The molecule has 0 spiro atoms. The van der Waals surface area contributed by atoms with Crippen molar-refractivity contribution >= 4 is 10.0 Å². The molecule has 1 aliphatic carbocycles. The normalized spacial score (nSPS) is 24.2. The third-order valence-corrected chi connectivity index (χ3v) is 5.05. The fraction of sp³-hybridized carbons (Fsp3) is 0.917. The van der Waals surface area contributed by atoms with E-state index in [9.17, 15) is 8.42 Å². The van der Waals surface area contributed by atoms with E-state index in [-0.39, 0.29) is 11.8 Å². The summed E-state index contributed by atoms with van der Waals surface area (Å²) >= 11 is 0. The Labute approximate surface area is 105 Å². The minimum absolute atomic E-state index is 0.146. The van der Waals surface area contributed by atoms with Crippen LogP contribution in [0.15, 0.2) is 0 Å². The van der Waals surface area contributed by atoms with E-state index >= 15 is 0 Å². The van der Waals surface area contributed by atoms with E-state index in [2.05, 4.69) is 16.0 Å². The molecular weight excluding hydrogens is 236 g/mol. The number of nitrogens with zero attached hydrogens (tertiary/aromatic N) is 1. The van der Waals surface area contributed by atoms with Gasteiger partial charge in [0, 0.05) is 12.6 Å². The number of hydrogen-bond acceptors (Lipinski definition) is 3. The Balaban J connectivity index is 1.73. The standard InChI is InChI=1S/C12H23N2O2S/c15-17(16,11-10-14-8-4-5-9-14)13-12-6-2-1-3-7-12/h2,12-13H,1,3-11H2. The van der Waals surface area contributed by atoms with Crippen LogP contribution in [0.1, 0.15) is 38.5 Å². The van der Waals surface area contributed by atoms with Crippen LogP contribution >= 0.6 is 0 Å². The SMILES string of the molecule is O=S(=O)(CCN1CCCC1)NC1C[CH]CCC1. The summed E-state index contributed by atoms with van der Waals surface area (Å²) in [5, 5.41) is 0. The number of likely N-dealkylation sites (tertiary alicyclic amines) is 1. The van der Waals surface area contributed by atoms with Crippen LogP contribution in [0.25, 0.3) is 0 Å². The van der Waals surface area contributed by atoms with E-state index in [1.807, 2.05) is 0 Å². The molecular formula is C12H23N2O2S. The van der Waals surface area contributed by atoms with Gasteiger partial charge in [0.1, 0.15) is 0 Å². The first-order valence-corrected chi connectivity index (χ1v) is 8.35. The van der Waals surface area contributed by atoms with Crippen LogP contribution in [-0.4, -0.2) is 44.7 Å². The summed E-state index contributed by atoms with van der Waals surface area (Å²) in [7, 11) is -3.08. The summed E-state index contributed by atoms with van der Waals surface area (Å²) in [5.41, 5.74) is 0. The third-order valence-electron chi connectivity index (χ3n) is 3.63. The van der Waals surface area contributed by atoms with E-state index in [0.717, 1.165) is 38.8 Å². The lowest BCUT2D eigenvalue weighted by molar-refractivity contribution is 0.357. The highest BCUT2D eigenvalue weighted by Gasteiger charge is 2.21. The second-order valence-corrected chi connectivity index (χ2v) is 7.01. The van der Waals surface area contributed by atoms with Crippen LogP contribution in [0.5, 0.6) is 0 Å². The first-order chi connectivity index (χ1) is 8.16. The highest BCUT2D eigenvalue weighted by Crippen LogP contribution is 2.17. The van der Waals surface area contributed by atoms with Crippen molar-refractivity contribution in [1.82, 2.24) is 9.62 Å². The predicted molar refractivity (Wildman–Crippen MR) is 69.2 cm³/mol. The molecule has 2 aliphatic rings. The average Bonchev–Trinajstić information content (AvgIpc) is 2.80. The second kappa shape index (κ2) is 6.16. The van der Waals surface area contributed by atoms with Gasteiger partial charge in [0.15, 0.2) is 0 Å². The maximum absolute atomic E-state index is 11.9. The lowest BCUT2D eigenvalue weighted by atomic mass is 9.96. The minimum Gasteiger partial charge on any atom is -0.302 e. The van der Waals surface area contributed by atoms with Gasteiger partial charge in [-0.25, -0.2) is 13.1 Å². The molecule has 99 valence electrons. The van der Waals surface area contributed by atoms with E-state index in [0.29, 0.717) is 6.54 Å². The number of hydrogen-bond donors (Lipinski definition) is 1. The molecule has 0 aromatic carbocycles. The molecule has 2 rings (SSSR count). The van der Waals surface area contributed by atoms with Crippen LogP contribution in [0.4, 0.5) is 0 Å². The highest BCUT2D eigenvalue weighted by atomic mass is 32.2. The van der Waals surface area contributed by atoms with Crippen molar-refractivity contribution in [2.24, 2.45) is 0 Å². The maximum Gasteiger partial charge on any atom is 0.213 e. The molecule has 1 saturated heterocycles. The lowest BCUT2D eigenvalue weighted by Gasteiger charge is -2.23. The van der Waals surface area contributed by atoms with Crippen molar-refractivity contribution in [3.8, 4) is 0 Å². The van der Waals surface area contributed by atoms with Gasteiger partial charge in [-0.3, -0.25) is 0 Å². The van der Waals surface area contributed by atoms with E-state index in [1.54, 1.807) is 0 Å². The molecule has 1 heterocycles. The lowest BCUT2D eigenvalue weighted by Crippen LogP contribution is -2.40. The van der Waals surface area contributed by atoms with Gasteiger partial charge < -0.3 is 4.90 Å². The molecule has 1 aliphatic heterocycles. The van der Waals surface area contributed by atoms with E-state index in [4.69, 9.17) is 0 Å². The van der Waals surface area contributed by atoms with E-state index < -0.39 is 10.0 Å². The van der Waals surface area contributed by atoms with Crippen LogP contribution < -0.4 is 4.72 Å². The topological polar surface area (TPSA) is 49.4 Å². The molecule has 1 unspecified atom stereocenters.